The number of ether oxygens (including phenoxy) is 1. The molecule has 0 atom stereocenters. The summed E-state index contributed by atoms with van der Waals surface area (Å²) in [7, 11) is 0. The average Bonchev–Trinajstić information content (AvgIpc) is 3.30. The zero-order valence-corrected chi connectivity index (χ0v) is 13.0. The summed E-state index contributed by atoms with van der Waals surface area (Å²) in [6, 6.07) is 9.09. The molecule has 3 heteroatoms. The SMILES string of the molecule is C#CCN(CCC)CCOc1cccc(CNC2CC2)c1. The smallest absolute Gasteiger partial charge is 0.119 e. The third kappa shape index (κ3) is 6.20. The van der Waals surface area contributed by atoms with Gasteiger partial charge in [-0.15, -0.1) is 6.42 Å². The van der Waals surface area contributed by atoms with Crippen molar-refractivity contribution in [2.24, 2.45) is 0 Å². The summed E-state index contributed by atoms with van der Waals surface area (Å²) in [6.07, 6.45) is 9.14. The van der Waals surface area contributed by atoms with Crippen molar-refractivity contribution in [3.63, 3.8) is 0 Å². The molecule has 0 unspecified atom stereocenters. The molecular formula is C18H26N2O. The van der Waals surface area contributed by atoms with Gasteiger partial charge in [-0.2, -0.15) is 0 Å². The summed E-state index contributed by atoms with van der Waals surface area (Å²) in [5.74, 6) is 3.65. The van der Waals surface area contributed by atoms with Gasteiger partial charge in [-0.3, -0.25) is 4.90 Å². The van der Waals surface area contributed by atoms with E-state index in [4.69, 9.17) is 11.2 Å². The number of rotatable bonds is 10. The fourth-order valence-electron chi connectivity index (χ4n) is 2.30. The van der Waals surface area contributed by atoms with Crippen molar-refractivity contribution >= 4 is 0 Å². The number of hydrogen-bond acceptors (Lipinski definition) is 3. The van der Waals surface area contributed by atoms with Crippen molar-refractivity contribution in [3.8, 4) is 18.1 Å². The van der Waals surface area contributed by atoms with E-state index < -0.39 is 0 Å². The molecule has 1 aromatic rings. The largest absolute Gasteiger partial charge is 0.492 e. The first kappa shape index (κ1) is 15.9. The Hall–Kier alpha value is -1.50. The number of nitrogens with one attached hydrogen (secondary N) is 1. The van der Waals surface area contributed by atoms with E-state index in [1.54, 1.807) is 0 Å². The minimum absolute atomic E-state index is 0.682. The zero-order chi connectivity index (χ0) is 14.9. The molecule has 0 heterocycles. The molecular weight excluding hydrogens is 260 g/mol. The molecule has 1 aliphatic carbocycles. The highest BCUT2D eigenvalue weighted by atomic mass is 16.5. The van der Waals surface area contributed by atoms with Gasteiger partial charge in [0.2, 0.25) is 0 Å². The van der Waals surface area contributed by atoms with Gasteiger partial charge in [0, 0.05) is 19.1 Å². The van der Waals surface area contributed by atoms with Crippen LogP contribution < -0.4 is 10.1 Å². The minimum Gasteiger partial charge on any atom is -0.492 e. The normalized spacial score (nSPS) is 14.1. The van der Waals surface area contributed by atoms with E-state index in [1.165, 1.54) is 18.4 Å². The summed E-state index contributed by atoms with van der Waals surface area (Å²) in [5, 5.41) is 3.52. The predicted octanol–water partition coefficient (Wildman–Crippen LogP) is 2.66. The second-order valence-electron chi connectivity index (χ2n) is 5.63. The Kier molecular flexibility index (Phi) is 6.59. The summed E-state index contributed by atoms with van der Waals surface area (Å²) in [4.78, 5) is 2.25. The molecule has 0 radical (unpaired) electrons. The van der Waals surface area contributed by atoms with Crippen LogP contribution >= 0.6 is 0 Å². The number of benzene rings is 1. The quantitative estimate of drug-likeness (QED) is 0.669. The molecule has 1 aromatic carbocycles. The van der Waals surface area contributed by atoms with E-state index in [9.17, 15) is 0 Å². The Morgan fingerprint density at radius 1 is 1.38 bits per heavy atom. The van der Waals surface area contributed by atoms with Gasteiger partial charge in [0.15, 0.2) is 0 Å². The van der Waals surface area contributed by atoms with Crippen LogP contribution in [0.5, 0.6) is 5.75 Å². The molecule has 0 spiro atoms. The maximum atomic E-state index is 5.85. The predicted molar refractivity (Wildman–Crippen MR) is 87.4 cm³/mol. The van der Waals surface area contributed by atoms with Crippen molar-refractivity contribution in [2.75, 3.05) is 26.2 Å². The molecule has 0 aliphatic heterocycles. The number of hydrogen-bond donors (Lipinski definition) is 1. The van der Waals surface area contributed by atoms with E-state index in [0.717, 1.165) is 37.8 Å². The van der Waals surface area contributed by atoms with E-state index in [0.29, 0.717) is 13.2 Å². The minimum atomic E-state index is 0.682. The molecule has 1 aliphatic rings. The second kappa shape index (κ2) is 8.71. The number of nitrogens with zero attached hydrogens (tertiary/aromatic N) is 1. The molecule has 3 nitrogen and oxygen atoms in total. The van der Waals surface area contributed by atoms with Crippen LogP contribution in [0.15, 0.2) is 24.3 Å². The fourth-order valence-corrected chi connectivity index (χ4v) is 2.30. The van der Waals surface area contributed by atoms with Crippen LogP contribution in [0.3, 0.4) is 0 Å². The van der Waals surface area contributed by atoms with Crippen molar-refractivity contribution in [1.29, 1.82) is 0 Å². The van der Waals surface area contributed by atoms with E-state index in [-0.39, 0.29) is 0 Å². The molecule has 1 saturated carbocycles. The molecule has 1 N–H and O–H groups in total. The van der Waals surface area contributed by atoms with Crippen LogP contribution in [0.4, 0.5) is 0 Å². The lowest BCUT2D eigenvalue weighted by atomic mass is 10.2. The monoisotopic (exact) mass is 286 g/mol. The molecule has 0 saturated heterocycles. The standard InChI is InChI=1S/C18H26N2O/c1-3-10-20(11-4-2)12-13-21-18-7-5-6-16(14-18)15-19-17-8-9-17/h1,5-7,14,17,19H,4,8-13,15H2,2H3. The van der Waals surface area contributed by atoms with Crippen molar-refractivity contribution in [2.45, 2.75) is 38.8 Å². The third-order valence-electron chi connectivity index (χ3n) is 3.60. The average molecular weight is 286 g/mol. The van der Waals surface area contributed by atoms with Crippen LogP contribution in [0.1, 0.15) is 31.7 Å². The second-order valence-corrected chi connectivity index (χ2v) is 5.63. The lowest BCUT2D eigenvalue weighted by Crippen LogP contribution is -2.29. The van der Waals surface area contributed by atoms with Gasteiger partial charge in [0.05, 0.1) is 6.54 Å². The first-order chi connectivity index (χ1) is 10.3. The highest BCUT2D eigenvalue weighted by molar-refractivity contribution is 5.28. The lowest BCUT2D eigenvalue weighted by molar-refractivity contribution is 0.225. The molecule has 2 rings (SSSR count). The maximum Gasteiger partial charge on any atom is 0.119 e. The molecule has 1 fully saturated rings. The first-order valence-corrected chi connectivity index (χ1v) is 7.92. The number of terminal acetylenes is 1. The van der Waals surface area contributed by atoms with Gasteiger partial charge in [-0.05, 0) is 43.5 Å². The van der Waals surface area contributed by atoms with E-state index in [2.05, 4.69) is 41.3 Å². The van der Waals surface area contributed by atoms with Crippen LogP contribution in [0.25, 0.3) is 0 Å². The van der Waals surface area contributed by atoms with Gasteiger partial charge in [0.1, 0.15) is 12.4 Å². The van der Waals surface area contributed by atoms with Crippen LogP contribution in [0, 0.1) is 12.3 Å². The van der Waals surface area contributed by atoms with Gasteiger partial charge < -0.3 is 10.1 Å². The fraction of sp³-hybridized carbons (Fsp3) is 0.556. The Morgan fingerprint density at radius 2 is 2.24 bits per heavy atom. The first-order valence-electron chi connectivity index (χ1n) is 7.92. The summed E-state index contributed by atoms with van der Waals surface area (Å²) < 4.78 is 5.85. The summed E-state index contributed by atoms with van der Waals surface area (Å²) in [5.41, 5.74) is 1.29. The van der Waals surface area contributed by atoms with Crippen molar-refractivity contribution < 1.29 is 4.74 Å². The highest BCUT2D eigenvalue weighted by Crippen LogP contribution is 2.20. The van der Waals surface area contributed by atoms with Crippen LogP contribution in [0.2, 0.25) is 0 Å². The van der Waals surface area contributed by atoms with Crippen molar-refractivity contribution in [3.05, 3.63) is 29.8 Å². The van der Waals surface area contributed by atoms with Crippen LogP contribution in [-0.4, -0.2) is 37.2 Å². The Labute approximate surface area is 128 Å². The van der Waals surface area contributed by atoms with Gasteiger partial charge in [0.25, 0.3) is 0 Å². The lowest BCUT2D eigenvalue weighted by Gasteiger charge is -2.19. The zero-order valence-electron chi connectivity index (χ0n) is 13.0. The molecule has 0 bridgehead atoms. The molecule has 0 aromatic heterocycles. The Balaban J connectivity index is 1.73. The highest BCUT2D eigenvalue weighted by Gasteiger charge is 2.19. The van der Waals surface area contributed by atoms with E-state index >= 15 is 0 Å². The maximum absolute atomic E-state index is 5.85. The Morgan fingerprint density at radius 3 is 2.95 bits per heavy atom. The summed E-state index contributed by atoms with van der Waals surface area (Å²) >= 11 is 0. The molecule has 0 amide bonds. The van der Waals surface area contributed by atoms with E-state index in [1.807, 2.05) is 6.07 Å². The molecule has 21 heavy (non-hydrogen) atoms. The summed E-state index contributed by atoms with van der Waals surface area (Å²) in [6.45, 7) is 6.38. The van der Waals surface area contributed by atoms with Crippen LogP contribution in [-0.2, 0) is 6.54 Å². The van der Waals surface area contributed by atoms with Crippen molar-refractivity contribution in [1.82, 2.24) is 10.2 Å². The third-order valence-corrected chi connectivity index (χ3v) is 3.60. The van der Waals surface area contributed by atoms with Gasteiger partial charge in [-0.25, -0.2) is 0 Å². The van der Waals surface area contributed by atoms with Gasteiger partial charge >= 0.3 is 0 Å². The topological polar surface area (TPSA) is 24.5 Å². The molecule has 114 valence electrons. The Bertz CT molecular complexity index is 463. The van der Waals surface area contributed by atoms with Gasteiger partial charge in [-0.1, -0.05) is 25.0 Å².